The van der Waals surface area contributed by atoms with Gasteiger partial charge in [0.15, 0.2) is 0 Å². The Kier molecular flexibility index (Phi) is 3.75. The Labute approximate surface area is 132 Å². The van der Waals surface area contributed by atoms with Gasteiger partial charge in [-0.1, -0.05) is 0 Å². The summed E-state index contributed by atoms with van der Waals surface area (Å²) in [5, 5.41) is 0. The minimum atomic E-state index is -0.307. The molecule has 0 radical (unpaired) electrons. The molecule has 0 unspecified atom stereocenters. The summed E-state index contributed by atoms with van der Waals surface area (Å²) in [6, 6.07) is 8.86. The summed E-state index contributed by atoms with van der Waals surface area (Å²) in [4.78, 5) is 0. The second-order valence-corrected chi connectivity index (χ2v) is 5.93. The first kappa shape index (κ1) is 14.6. The molecule has 0 aromatic heterocycles. The smallest absolute Gasteiger partial charge is 0.130 e. The fourth-order valence-electron chi connectivity index (χ4n) is 2.60. The van der Waals surface area contributed by atoms with Crippen molar-refractivity contribution in [2.45, 2.75) is 25.0 Å². The van der Waals surface area contributed by atoms with Gasteiger partial charge in [-0.2, -0.15) is 0 Å². The van der Waals surface area contributed by atoms with Crippen molar-refractivity contribution in [3.63, 3.8) is 0 Å². The van der Waals surface area contributed by atoms with Crippen LogP contribution in [-0.4, -0.2) is 25.4 Å². The van der Waals surface area contributed by atoms with Crippen LogP contribution in [-0.2, 0) is 22.3 Å². The summed E-state index contributed by atoms with van der Waals surface area (Å²) in [5.74, 6) is 0.537. The van der Waals surface area contributed by atoms with Gasteiger partial charge in [-0.15, -0.1) is 0 Å². The normalized spacial score (nSPS) is 22.0. The first-order valence-corrected chi connectivity index (χ1v) is 7.65. The van der Waals surface area contributed by atoms with E-state index in [0.717, 1.165) is 11.1 Å². The van der Waals surface area contributed by atoms with E-state index in [-0.39, 0.29) is 23.8 Å². The third-order valence-corrected chi connectivity index (χ3v) is 3.96. The number of epoxide rings is 2. The summed E-state index contributed by atoms with van der Waals surface area (Å²) in [6.45, 7) is 1.38. The second-order valence-electron chi connectivity index (χ2n) is 5.93. The zero-order chi connectivity index (χ0) is 15.8. The molecule has 2 aromatic carbocycles. The number of halogens is 2. The van der Waals surface area contributed by atoms with Crippen molar-refractivity contribution in [1.82, 2.24) is 0 Å². The Bertz CT molecular complexity index is 663. The molecule has 0 saturated carbocycles. The third-order valence-electron chi connectivity index (χ3n) is 3.96. The molecular formula is C18H16F2O3. The summed E-state index contributed by atoms with van der Waals surface area (Å²) < 4.78 is 43.4. The second kappa shape index (κ2) is 5.91. The van der Waals surface area contributed by atoms with Crippen LogP contribution < -0.4 is 4.74 Å². The molecule has 0 amide bonds. The van der Waals surface area contributed by atoms with E-state index in [2.05, 4.69) is 0 Å². The molecule has 2 heterocycles. The first-order valence-electron chi connectivity index (χ1n) is 7.65. The van der Waals surface area contributed by atoms with Crippen LogP contribution in [0.3, 0.4) is 0 Å². The van der Waals surface area contributed by atoms with E-state index in [1.807, 2.05) is 0 Å². The van der Waals surface area contributed by atoms with Crippen LogP contribution in [0.4, 0.5) is 8.78 Å². The Morgan fingerprint density at radius 3 is 1.65 bits per heavy atom. The maximum absolute atomic E-state index is 13.5. The van der Waals surface area contributed by atoms with Crippen LogP contribution in [0.15, 0.2) is 36.4 Å². The summed E-state index contributed by atoms with van der Waals surface area (Å²) in [5.41, 5.74) is 1.51. The molecule has 120 valence electrons. The number of rotatable bonds is 6. The van der Waals surface area contributed by atoms with E-state index < -0.39 is 0 Å². The van der Waals surface area contributed by atoms with E-state index in [1.54, 1.807) is 12.1 Å². The molecule has 2 atom stereocenters. The molecule has 4 rings (SSSR count). The van der Waals surface area contributed by atoms with Gasteiger partial charge in [0, 0.05) is 24.0 Å². The largest absolute Gasteiger partial charge is 0.457 e. The third kappa shape index (κ3) is 3.68. The van der Waals surface area contributed by atoms with E-state index in [1.165, 1.54) is 24.3 Å². The van der Waals surface area contributed by atoms with Crippen LogP contribution in [0.1, 0.15) is 11.1 Å². The molecule has 5 heteroatoms. The van der Waals surface area contributed by atoms with E-state index >= 15 is 0 Å². The zero-order valence-electron chi connectivity index (χ0n) is 12.4. The average Bonchev–Trinajstić information content (AvgIpc) is 3.40. The molecule has 0 bridgehead atoms. The van der Waals surface area contributed by atoms with Crippen LogP contribution in [0.25, 0.3) is 0 Å². The lowest BCUT2D eigenvalue weighted by Crippen LogP contribution is -2.01. The van der Waals surface area contributed by atoms with Crippen LogP contribution in [0, 0.1) is 11.6 Å². The average molecular weight is 318 g/mol. The van der Waals surface area contributed by atoms with Gasteiger partial charge in [0.25, 0.3) is 0 Å². The lowest BCUT2D eigenvalue weighted by atomic mass is 10.1. The molecule has 2 fully saturated rings. The van der Waals surface area contributed by atoms with Gasteiger partial charge in [0.05, 0.1) is 25.4 Å². The summed E-state index contributed by atoms with van der Waals surface area (Å²) >= 11 is 0. The van der Waals surface area contributed by atoms with Crippen LogP contribution in [0.2, 0.25) is 0 Å². The fraction of sp³-hybridized carbons (Fsp3) is 0.333. The SMILES string of the molecule is Fc1ccc(Oc2ccc(F)cc2C[C@H]2CO2)c(C[C@H]2CO2)c1. The van der Waals surface area contributed by atoms with Gasteiger partial charge in [0.2, 0.25) is 0 Å². The van der Waals surface area contributed by atoms with E-state index in [4.69, 9.17) is 14.2 Å². The zero-order valence-corrected chi connectivity index (χ0v) is 12.4. The molecular weight excluding hydrogens is 302 g/mol. The van der Waals surface area contributed by atoms with Gasteiger partial charge < -0.3 is 14.2 Å². The Morgan fingerprint density at radius 1 is 0.826 bits per heavy atom. The molecule has 0 N–H and O–H groups in total. The van der Waals surface area contributed by atoms with Crippen LogP contribution >= 0.6 is 0 Å². The van der Waals surface area contributed by atoms with Crippen molar-refractivity contribution in [2.24, 2.45) is 0 Å². The standard InChI is InChI=1S/C18H16F2O3/c19-13-1-3-17(11(5-13)7-15-9-21-15)23-18-4-2-14(20)6-12(18)8-16-10-22-16/h1-6,15-16H,7-10H2/t15-,16-/m0/s1. The van der Waals surface area contributed by atoms with Gasteiger partial charge in [0.1, 0.15) is 23.1 Å². The molecule has 0 spiro atoms. The minimum absolute atomic E-state index is 0.131. The van der Waals surface area contributed by atoms with Crippen molar-refractivity contribution in [2.75, 3.05) is 13.2 Å². The highest BCUT2D eigenvalue weighted by atomic mass is 19.1. The number of hydrogen-bond acceptors (Lipinski definition) is 3. The minimum Gasteiger partial charge on any atom is -0.457 e. The van der Waals surface area contributed by atoms with Crippen molar-refractivity contribution < 1.29 is 23.0 Å². The molecule has 2 saturated heterocycles. The lowest BCUT2D eigenvalue weighted by molar-refractivity contribution is 0.397. The Hall–Kier alpha value is -1.98. The van der Waals surface area contributed by atoms with Gasteiger partial charge in [-0.25, -0.2) is 8.78 Å². The lowest BCUT2D eigenvalue weighted by Gasteiger charge is -2.14. The number of hydrogen-bond donors (Lipinski definition) is 0. The highest BCUT2D eigenvalue weighted by Gasteiger charge is 2.26. The summed E-state index contributed by atoms with van der Waals surface area (Å²) in [6.07, 6.45) is 1.48. The van der Waals surface area contributed by atoms with Crippen molar-refractivity contribution in [3.05, 3.63) is 59.2 Å². The maximum atomic E-state index is 13.5. The quantitative estimate of drug-likeness (QED) is 0.763. The van der Waals surface area contributed by atoms with Crippen molar-refractivity contribution in [1.29, 1.82) is 0 Å². The molecule has 23 heavy (non-hydrogen) atoms. The maximum Gasteiger partial charge on any atom is 0.130 e. The van der Waals surface area contributed by atoms with Crippen molar-refractivity contribution >= 4 is 0 Å². The molecule has 2 aliphatic heterocycles. The van der Waals surface area contributed by atoms with Crippen LogP contribution in [0.5, 0.6) is 11.5 Å². The highest BCUT2D eigenvalue weighted by Crippen LogP contribution is 2.33. The molecule has 3 nitrogen and oxygen atoms in total. The van der Waals surface area contributed by atoms with Gasteiger partial charge >= 0.3 is 0 Å². The van der Waals surface area contributed by atoms with E-state index in [9.17, 15) is 8.78 Å². The molecule has 2 aromatic rings. The van der Waals surface area contributed by atoms with E-state index in [0.29, 0.717) is 37.6 Å². The fourth-order valence-corrected chi connectivity index (χ4v) is 2.60. The predicted octanol–water partition coefficient (Wildman–Crippen LogP) is 3.64. The predicted molar refractivity (Wildman–Crippen MR) is 79.8 cm³/mol. The molecule has 0 aliphatic carbocycles. The first-order chi connectivity index (χ1) is 11.2. The van der Waals surface area contributed by atoms with Gasteiger partial charge in [-0.05, 0) is 36.4 Å². The Morgan fingerprint density at radius 2 is 1.26 bits per heavy atom. The highest BCUT2D eigenvalue weighted by molar-refractivity contribution is 5.42. The summed E-state index contributed by atoms with van der Waals surface area (Å²) in [7, 11) is 0. The van der Waals surface area contributed by atoms with Crippen molar-refractivity contribution in [3.8, 4) is 11.5 Å². The molecule has 2 aliphatic rings. The number of ether oxygens (including phenoxy) is 3. The van der Waals surface area contributed by atoms with Gasteiger partial charge in [-0.3, -0.25) is 0 Å². The monoisotopic (exact) mass is 318 g/mol. The Balaban J connectivity index is 1.61. The topological polar surface area (TPSA) is 34.3 Å². The number of benzene rings is 2.